The highest BCUT2D eigenvalue weighted by molar-refractivity contribution is 5.93. The highest BCUT2D eigenvalue weighted by Gasteiger charge is 2.12. The summed E-state index contributed by atoms with van der Waals surface area (Å²) in [5.41, 5.74) is 3.37. The molecule has 0 aliphatic heterocycles. The summed E-state index contributed by atoms with van der Waals surface area (Å²) in [5, 5.41) is 2.93. The zero-order valence-electron chi connectivity index (χ0n) is 14.8. The Labute approximate surface area is 148 Å². The molecule has 1 amide bonds. The summed E-state index contributed by atoms with van der Waals surface area (Å²) in [6.07, 6.45) is 2.34. The lowest BCUT2D eigenvalue weighted by molar-refractivity contribution is -0.118. The number of aldehydes is 1. The first-order valence-electron chi connectivity index (χ1n) is 8.29. The van der Waals surface area contributed by atoms with Gasteiger partial charge in [-0.2, -0.15) is 0 Å². The van der Waals surface area contributed by atoms with Crippen LogP contribution < -0.4 is 14.8 Å². The van der Waals surface area contributed by atoms with Crippen molar-refractivity contribution in [3.63, 3.8) is 0 Å². The first kappa shape index (κ1) is 18.5. The SMILES string of the molecule is CCc1cccc(CC)c1NC(=O)COc1ccc(OC)cc1C=O. The van der Waals surface area contributed by atoms with Crippen LogP contribution in [0.2, 0.25) is 0 Å². The van der Waals surface area contributed by atoms with Gasteiger partial charge in [-0.05, 0) is 42.2 Å². The number of ether oxygens (including phenoxy) is 2. The van der Waals surface area contributed by atoms with Crippen LogP contribution in [0.15, 0.2) is 36.4 Å². The standard InChI is InChI=1S/C20H23NO4/c1-4-14-7-6-8-15(5-2)20(14)21-19(23)13-25-18-10-9-17(24-3)11-16(18)12-22/h6-12H,4-5,13H2,1-3H3,(H,21,23). The first-order valence-corrected chi connectivity index (χ1v) is 8.29. The lowest BCUT2D eigenvalue weighted by atomic mass is 10.0. The van der Waals surface area contributed by atoms with Crippen molar-refractivity contribution in [1.29, 1.82) is 0 Å². The predicted octanol–water partition coefficient (Wildman–Crippen LogP) is 3.65. The van der Waals surface area contributed by atoms with Gasteiger partial charge < -0.3 is 14.8 Å². The number of hydrogen-bond acceptors (Lipinski definition) is 4. The Bertz CT molecular complexity index is 733. The summed E-state index contributed by atoms with van der Waals surface area (Å²) >= 11 is 0. The molecule has 0 bridgehead atoms. The van der Waals surface area contributed by atoms with Gasteiger partial charge in [0.15, 0.2) is 12.9 Å². The van der Waals surface area contributed by atoms with Gasteiger partial charge in [0.25, 0.3) is 5.91 Å². The molecule has 0 fully saturated rings. The van der Waals surface area contributed by atoms with Crippen LogP contribution in [-0.4, -0.2) is 25.9 Å². The summed E-state index contributed by atoms with van der Waals surface area (Å²) in [7, 11) is 1.52. The molecule has 2 rings (SSSR count). The number of rotatable bonds is 8. The number of hydrogen-bond donors (Lipinski definition) is 1. The highest BCUT2D eigenvalue weighted by atomic mass is 16.5. The fourth-order valence-electron chi connectivity index (χ4n) is 2.60. The van der Waals surface area contributed by atoms with E-state index >= 15 is 0 Å². The third-order valence-electron chi connectivity index (χ3n) is 3.97. The van der Waals surface area contributed by atoms with Crippen molar-refractivity contribution in [3.05, 3.63) is 53.1 Å². The Kier molecular flexibility index (Phi) is 6.57. The van der Waals surface area contributed by atoms with E-state index in [-0.39, 0.29) is 12.5 Å². The largest absolute Gasteiger partial charge is 0.497 e. The molecule has 0 atom stereocenters. The van der Waals surface area contributed by atoms with Crippen molar-refractivity contribution in [2.75, 3.05) is 19.0 Å². The quantitative estimate of drug-likeness (QED) is 0.744. The molecule has 2 aromatic rings. The van der Waals surface area contributed by atoms with E-state index in [9.17, 15) is 9.59 Å². The summed E-state index contributed by atoms with van der Waals surface area (Å²) in [5.74, 6) is 0.650. The van der Waals surface area contributed by atoms with Crippen molar-refractivity contribution in [1.82, 2.24) is 0 Å². The van der Waals surface area contributed by atoms with Gasteiger partial charge in [-0.15, -0.1) is 0 Å². The lowest BCUT2D eigenvalue weighted by Gasteiger charge is -2.15. The topological polar surface area (TPSA) is 64.6 Å². The van der Waals surface area contributed by atoms with Crippen LogP contribution in [0.1, 0.15) is 35.3 Å². The van der Waals surface area contributed by atoms with E-state index in [4.69, 9.17) is 9.47 Å². The average Bonchev–Trinajstić information content (AvgIpc) is 2.66. The number of carbonyl (C=O) groups is 2. The van der Waals surface area contributed by atoms with Gasteiger partial charge in [-0.25, -0.2) is 0 Å². The molecule has 0 radical (unpaired) electrons. The second kappa shape index (κ2) is 8.87. The van der Waals surface area contributed by atoms with Crippen molar-refractivity contribution >= 4 is 17.9 Å². The maximum atomic E-state index is 12.3. The Balaban J connectivity index is 2.08. The number of aryl methyl sites for hydroxylation is 2. The summed E-state index contributed by atoms with van der Waals surface area (Å²) in [6, 6.07) is 10.9. The third kappa shape index (κ3) is 4.59. The lowest BCUT2D eigenvalue weighted by Crippen LogP contribution is -2.22. The maximum Gasteiger partial charge on any atom is 0.262 e. The van der Waals surface area contributed by atoms with Gasteiger partial charge in [0.05, 0.1) is 12.7 Å². The number of para-hydroxylation sites is 1. The Morgan fingerprint density at radius 1 is 1.12 bits per heavy atom. The summed E-state index contributed by atoms with van der Waals surface area (Å²) in [6.45, 7) is 3.93. The van der Waals surface area contributed by atoms with Crippen molar-refractivity contribution in [2.45, 2.75) is 26.7 Å². The van der Waals surface area contributed by atoms with Gasteiger partial charge in [0, 0.05) is 5.69 Å². The smallest absolute Gasteiger partial charge is 0.262 e. The molecule has 1 N–H and O–H groups in total. The van der Waals surface area contributed by atoms with Gasteiger partial charge in [-0.3, -0.25) is 9.59 Å². The first-order chi connectivity index (χ1) is 12.1. The molecule has 25 heavy (non-hydrogen) atoms. The molecular weight excluding hydrogens is 318 g/mol. The van der Waals surface area contributed by atoms with E-state index in [2.05, 4.69) is 19.2 Å². The fraction of sp³-hybridized carbons (Fsp3) is 0.300. The zero-order chi connectivity index (χ0) is 18.2. The molecule has 0 unspecified atom stereocenters. The monoisotopic (exact) mass is 341 g/mol. The minimum absolute atomic E-state index is 0.172. The number of carbonyl (C=O) groups excluding carboxylic acids is 2. The molecule has 5 nitrogen and oxygen atoms in total. The van der Waals surface area contributed by atoms with E-state index in [1.807, 2.05) is 18.2 Å². The third-order valence-corrected chi connectivity index (χ3v) is 3.97. The van der Waals surface area contributed by atoms with E-state index in [0.29, 0.717) is 23.3 Å². The van der Waals surface area contributed by atoms with Crippen LogP contribution in [0.25, 0.3) is 0 Å². The fourth-order valence-corrected chi connectivity index (χ4v) is 2.60. The Morgan fingerprint density at radius 3 is 2.36 bits per heavy atom. The van der Waals surface area contributed by atoms with Crippen molar-refractivity contribution in [2.24, 2.45) is 0 Å². The van der Waals surface area contributed by atoms with E-state index in [0.717, 1.165) is 29.7 Å². The molecule has 132 valence electrons. The van der Waals surface area contributed by atoms with Gasteiger partial charge in [0.1, 0.15) is 11.5 Å². The number of methoxy groups -OCH3 is 1. The molecule has 2 aromatic carbocycles. The van der Waals surface area contributed by atoms with Crippen LogP contribution in [0.4, 0.5) is 5.69 Å². The molecule has 0 spiro atoms. The zero-order valence-corrected chi connectivity index (χ0v) is 14.8. The van der Waals surface area contributed by atoms with Gasteiger partial charge in [-0.1, -0.05) is 32.0 Å². The molecule has 0 aliphatic carbocycles. The van der Waals surface area contributed by atoms with E-state index in [1.54, 1.807) is 18.2 Å². The number of nitrogens with one attached hydrogen (secondary N) is 1. The van der Waals surface area contributed by atoms with E-state index in [1.165, 1.54) is 7.11 Å². The highest BCUT2D eigenvalue weighted by Crippen LogP contribution is 2.24. The second-order valence-corrected chi connectivity index (χ2v) is 5.52. The van der Waals surface area contributed by atoms with Crippen LogP contribution in [0.3, 0.4) is 0 Å². The summed E-state index contributed by atoms with van der Waals surface area (Å²) in [4.78, 5) is 23.5. The molecule has 0 saturated heterocycles. The molecule has 0 aromatic heterocycles. The molecule has 0 saturated carbocycles. The summed E-state index contributed by atoms with van der Waals surface area (Å²) < 4.78 is 10.6. The van der Waals surface area contributed by atoms with E-state index < -0.39 is 0 Å². The number of benzene rings is 2. The minimum Gasteiger partial charge on any atom is -0.497 e. The van der Waals surface area contributed by atoms with Gasteiger partial charge in [0.2, 0.25) is 0 Å². The van der Waals surface area contributed by atoms with Crippen LogP contribution >= 0.6 is 0 Å². The Hall–Kier alpha value is -2.82. The molecule has 5 heteroatoms. The Morgan fingerprint density at radius 2 is 1.80 bits per heavy atom. The molecule has 0 aliphatic rings. The molecular formula is C20H23NO4. The molecule has 0 heterocycles. The van der Waals surface area contributed by atoms with Gasteiger partial charge >= 0.3 is 0 Å². The van der Waals surface area contributed by atoms with Crippen LogP contribution in [-0.2, 0) is 17.6 Å². The maximum absolute atomic E-state index is 12.3. The predicted molar refractivity (Wildman–Crippen MR) is 97.7 cm³/mol. The van der Waals surface area contributed by atoms with Crippen molar-refractivity contribution in [3.8, 4) is 11.5 Å². The minimum atomic E-state index is -0.261. The second-order valence-electron chi connectivity index (χ2n) is 5.52. The van der Waals surface area contributed by atoms with Crippen molar-refractivity contribution < 1.29 is 19.1 Å². The average molecular weight is 341 g/mol. The number of amides is 1. The van der Waals surface area contributed by atoms with Crippen LogP contribution in [0.5, 0.6) is 11.5 Å². The normalized spacial score (nSPS) is 10.2. The number of anilines is 1. The van der Waals surface area contributed by atoms with Crippen LogP contribution in [0, 0.1) is 0 Å².